The number of hydrogen-bond acceptors (Lipinski definition) is 4. The highest BCUT2D eigenvalue weighted by molar-refractivity contribution is 6.27. The van der Waals surface area contributed by atoms with Crippen LogP contribution in [0.5, 0.6) is 0 Å². The van der Waals surface area contributed by atoms with Gasteiger partial charge in [0.15, 0.2) is 6.29 Å². The smallest absolute Gasteiger partial charge is 0.247 e. The maximum Gasteiger partial charge on any atom is 0.247 e. The Morgan fingerprint density at radius 2 is 1.83 bits per heavy atom. The Kier molecular flexibility index (Phi) is 9.52. The van der Waals surface area contributed by atoms with Gasteiger partial charge < -0.3 is 19.7 Å². The quantitative estimate of drug-likeness (QED) is 0.469. The van der Waals surface area contributed by atoms with E-state index in [0.717, 1.165) is 19.3 Å². The summed E-state index contributed by atoms with van der Waals surface area (Å²) in [5, 5.41) is 3.13. The molecule has 0 spiro atoms. The predicted molar refractivity (Wildman–Crippen MR) is 113 cm³/mol. The number of amides is 2. The number of carbonyl (C=O) groups is 2. The summed E-state index contributed by atoms with van der Waals surface area (Å²) >= 11 is 5.85. The molecule has 1 aliphatic rings. The second-order valence-electron chi connectivity index (χ2n) is 7.92. The minimum atomic E-state index is -0.978. The molecule has 1 N–H and O–H groups in total. The molecule has 8 heteroatoms. The molecule has 6 nitrogen and oxygen atoms in total. The summed E-state index contributed by atoms with van der Waals surface area (Å²) in [5.74, 6) is -0.668. The van der Waals surface area contributed by atoms with Gasteiger partial charge in [-0.1, -0.05) is 38.8 Å². The average Bonchev–Trinajstić information content (AvgIpc) is 2.74. The Labute approximate surface area is 183 Å². The average molecular weight is 443 g/mol. The summed E-state index contributed by atoms with van der Waals surface area (Å²) in [6, 6.07) is 4.60. The second kappa shape index (κ2) is 11.6. The van der Waals surface area contributed by atoms with Crippen molar-refractivity contribution in [1.29, 1.82) is 0 Å². The number of nitrogens with zero attached hydrogens (tertiary/aromatic N) is 1. The lowest BCUT2D eigenvalue weighted by atomic mass is 9.78. The molecular formula is C22H32ClFN2O4. The van der Waals surface area contributed by atoms with Crippen LogP contribution in [0.25, 0.3) is 0 Å². The minimum absolute atomic E-state index is 0.00460. The molecule has 0 unspecified atom stereocenters. The summed E-state index contributed by atoms with van der Waals surface area (Å²) in [6.45, 7) is 4.32. The van der Waals surface area contributed by atoms with E-state index in [1.165, 1.54) is 43.4 Å². The van der Waals surface area contributed by atoms with Crippen LogP contribution in [0.4, 0.5) is 4.39 Å². The number of benzene rings is 1. The van der Waals surface area contributed by atoms with E-state index in [9.17, 15) is 14.0 Å². The van der Waals surface area contributed by atoms with E-state index in [-0.39, 0.29) is 24.4 Å². The van der Waals surface area contributed by atoms with E-state index in [2.05, 4.69) is 19.2 Å². The van der Waals surface area contributed by atoms with Crippen molar-refractivity contribution in [2.75, 3.05) is 26.6 Å². The topological polar surface area (TPSA) is 67.9 Å². The third kappa shape index (κ3) is 6.15. The van der Waals surface area contributed by atoms with Crippen molar-refractivity contribution in [3.63, 3.8) is 0 Å². The van der Waals surface area contributed by atoms with E-state index in [1.807, 2.05) is 0 Å². The van der Waals surface area contributed by atoms with Crippen molar-refractivity contribution >= 4 is 23.4 Å². The first-order valence-corrected chi connectivity index (χ1v) is 10.8. The van der Waals surface area contributed by atoms with Crippen LogP contribution in [-0.2, 0) is 19.1 Å². The molecule has 0 aliphatic heterocycles. The second-order valence-corrected chi connectivity index (χ2v) is 8.18. The lowest BCUT2D eigenvalue weighted by molar-refractivity contribution is -0.153. The van der Waals surface area contributed by atoms with Gasteiger partial charge >= 0.3 is 0 Å². The van der Waals surface area contributed by atoms with E-state index in [1.54, 1.807) is 0 Å². The van der Waals surface area contributed by atoms with Crippen LogP contribution < -0.4 is 5.32 Å². The first kappa shape index (κ1) is 24.6. The van der Waals surface area contributed by atoms with Gasteiger partial charge in [-0.15, -0.1) is 11.6 Å². The molecule has 168 valence electrons. The van der Waals surface area contributed by atoms with Gasteiger partial charge in [-0.25, -0.2) is 4.39 Å². The first-order chi connectivity index (χ1) is 14.3. The Bertz CT molecular complexity index is 699. The van der Waals surface area contributed by atoms with E-state index < -0.39 is 24.1 Å². The highest BCUT2D eigenvalue weighted by atomic mass is 35.5. The molecule has 0 heterocycles. The predicted octanol–water partition coefficient (Wildman–Crippen LogP) is 3.49. The Balaban J connectivity index is 2.37. The Morgan fingerprint density at radius 1 is 1.20 bits per heavy atom. The van der Waals surface area contributed by atoms with Crippen LogP contribution in [0.3, 0.4) is 0 Å². The highest BCUT2D eigenvalue weighted by Gasteiger charge is 2.36. The summed E-state index contributed by atoms with van der Waals surface area (Å²) in [7, 11) is 2.91. The summed E-state index contributed by atoms with van der Waals surface area (Å²) in [5.41, 5.74) is 0.495. The molecule has 2 rings (SSSR count). The first-order valence-electron chi connectivity index (χ1n) is 10.3. The number of halogens is 2. The van der Waals surface area contributed by atoms with Crippen LogP contribution >= 0.6 is 11.6 Å². The Hall–Kier alpha value is -1.70. The molecule has 1 aromatic carbocycles. The van der Waals surface area contributed by atoms with Crippen LogP contribution in [0.1, 0.15) is 44.7 Å². The molecule has 0 saturated heterocycles. The van der Waals surface area contributed by atoms with Gasteiger partial charge in [-0.05, 0) is 36.0 Å². The largest absolute Gasteiger partial charge is 0.354 e. The van der Waals surface area contributed by atoms with Crippen LogP contribution in [-0.4, -0.2) is 55.7 Å². The molecule has 4 atom stereocenters. The number of carbonyl (C=O) groups excluding carboxylic acids is 2. The highest BCUT2D eigenvalue weighted by Crippen LogP contribution is 2.31. The summed E-state index contributed by atoms with van der Waals surface area (Å²) in [6.07, 6.45) is 2.32. The van der Waals surface area contributed by atoms with Gasteiger partial charge in [0.1, 0.15) is 17.7 Å². The van der Waals surface area contributed by atoms with Crippen molar-refractivity contribution in [3.05, 3.63) is 35.6 Å². The van der Waals surface area contributed by atoms with Crippen LogP contribution in [0, 0.1) is 17.7 Å². The fourth-order valence-corrected chi connectivity index (χ4v) is 4.15. The number of methoxy groups -OCH3 is 2. The van der Waals surface area contributed by atoms with Gasteiger partial charge in [-0.2, -0.15) is 0 Å². The zero-order valence-corrected chi connectivity index (χ0v) is 18.8. The molecule has 2 amide bonds. The van der Waals surface area contributed by atoms with Crippen molar-refractivity contribution in [2.45, 2.75) is 51.5 Å². The molecular weight excluding hydrogens is 411 g/mol. The molecule has 0 bridgehead atoms. The van der Waals surface area contributed by atoms with Crippen molar-refractivity contribution < 1.29 is 23.5 Å². The lowest BCUT2D eigenvalue weighted by Gasteiger charge is -2.38. The molecule has 0 aromatic heterocycles. The number of ether oxygens (including phenoxy) is 2. The summed E-state index contributed by atoms with van der Waals surface area (Å²) in [4.78, 5) is 27.5. The minimum Gasteiger partial charge on any atom is -0.354 e. The van der Waals surface area contributed by atoms with Crippen molar-refractivity contribution in [2.24, 2.45) is 11.8 Å². The third-order valence-corrected chi connectivity index (χ3v) is 6.32. The molecule has 1 aliphatic carbocycles. The standard InChI is InChI=1S/C22H32ClFN2O4/c1-14-6-5-7-18(15(14)2)25-22(28)21(16-8-10-17(24)11-9-16)26(19(27)12-23)13-20(29-3)30-4/h8-11,14-15,18,20-21H,5-7,12-13H2,1-4H3,(H,25,28)/t14-,15+,18-,21+/m1/s1. The fourth-order valence-electron chi connectivity index (χ4n) is 4.00. The van der Waals surface area contributed by atoms with Gasteiger partial charge in [-0.3, -0.25) is 9.59 Å². The number of hydrogen-bond donors (Lipinski definition) is 1. The molecule has 1 saturated carbocycles. The lowest BCUT2D eigenvalue weighted by Crippen LogP contribution is -2.51. The fraction of sp³-hybridized carbons (Fsp3) is 0.636. The zero-order chi connectivity index (χ0) is 22.3. The van der Waals surface area contributed by atoms with Gasteiger partial charge in [0.25, 0.3) is 0 Å². The number of rotatable bonds is 9. The SMILES string of the molecule is COC(CN(C(=O)CCl)[C@H](C(=O)N[C@@H]1CCC[C@@H](C)[C@@H]1C)c1ccc(F)cc1)OC. The number of nitrogens with one attached hydrogen (secondary N) is 1. The van der Waals surface area contributed by atoms with Gasteiger partial charge in [0, 0.05) is 20.3 Å². The van der Waals surface area contributed by atoms with E-state index in [4.69, 9.17) is 21.1 Å². The van der Waals surface area contributed by atoms with Crippen LogP contribution in [0.2, 0.25) is 0 Å². The zero-order valence-electron chi connectivity index (χ0n) is 18.1. The van der Waals surface area contributed by atoms with Gasteiger partial charge in [0.05, 0.1) is 6.54 Å². The summed E-state index contributed by atoms with van der Waals surface area (Å²) < 4.78 is 24.0. The van der Waals surface area contributed by atoms with Crippen LogP contribution in [0.15, 0.2) is 24.3 Å². The molecule has 1 fully saturated rings. The monoisotopic (exact) mass is 442 g/mol. The normalized spacial score (nSPS) is 22.6. The maximum atomic E-state index is 13.5. The van der Waals surface area contributed by atoms with E-state index >= 15 is 0 Å². The molecule has 0 radical (unpaired) electrons. The molecule has 30 heavy (non-hydrogen) atoms. The van der Waals surface area contributed by atoms with Crippen molar-refractivity contribution in [3.8, 4) is 0 Å². The van der Waals surface area contributed by atoms with E-state index in [0.29, 0.717) is 17.4 Å². The number of alkyl halides is 1. The van der Waals surface area contributed by atoms with Crippen molar-refractivity contribution in [1.82, 2.24) is 10.2 Å². The van der Waals surface area contributed by atoms with Gasteiger partial charge in [0.2, 0.25) is 11.8 Å². The molecule has 1 aromatic rings. The third-order valence-electron chi connectivity index (χ3n) is 6.09. The Morgan fingerprint density at radius 3 is 2.40 bits per heavy atom. The maximum absolute atomic E-state index is 13.5.